The molecule has 1 heterocycles. The van der Waals surface area contributed by atoms with Gasteiger partial charge in [0.15, 0.2) is 5.13 Å². The number of carboxylic acid groups (broad SMARTS) is 1. The lowest BCUT2D eigenvalue weighted by Crippen LogP contribution is -2.29. The van der Waals surface area contributed by atoms with Crippen molar-refractivity contribution in [3.63, 3.8) is 0 Å². The predicted molar refractivity (Wildman–Crippen MR) is 74.7 cm³/mol. The molecule has 0 atom stereocenters. The first-order chi connectivity index (χ1) is 8.58. The normalized spacial score (nSPS) is 10.9. The fraction of sp³-hybridized carbons (Fsp3) is 0.667. The van der Waals surface area contributed by atoms with Crippen LogP contribution in [-0.4, -0.2) is 47.1 Å². The van der Waals surface area contributed by atoms with Crippen LogP contribution in [0, 0.1) is 6.92 Å². The van der Waals surface area contributed by atoms with Crippen molar-refractivity contribution in [3.8, 4) is 0 Å². The maximum Gasteiger partial charge on any atom is 0.347 e. The Bertz CT molecular complexity index is 393. The number of carboxylic acids is 1. The van der Waals surface area contributed by atoms with Crippen LogP contribution in [0.15, 0.2) is 0 Å². The summed E-state index contributed by atoms with van der Waals surface area (Å²) in [6, 6.07) is 0. The number of carbonyl (C=O) groups is 1. The van der Waals surface area contributed by atoms with Crippen molar-refractivity contribution in [2.24, 2.45) is 0 Å². The van der Waals surface area contributed by atoms with Gasteiger partial charge in [-0.25, -0.2) is 9.78 Å². The molecule has 0 radical (unpaired) electrons. The molecule has 2 N–H and O–H groups in total. The van der Waals surface area contributed by atoms with E-state index in [1.165, 1.54) is 11.3 Å². The highest BCUT2D eigenvalue weighted by Gasteiger charge is 2.13. The van der Waals surface area contributed by atoms with E-state index in [0.717, 1.165) is 32.6 Å². The van der Waals surface area contributed by atoms with E-state index in [1.54, 1.807) is 6.92 Å². The SMILES string of the molecule is CCCN(CC)CCNc1nc(C)c(C(=O)O)s1. The Labute approximate surface area is 112 Å². The zero-order chi connectivity index (χ0) is 13.5. The highest BCUT2D eigenvalue weighted by molar-refractivity contribution is 7.17. The summed E-state index contributed by atoms with van der Waals surface area (Å²) in [5.41, 5.74) is 0.580. The van der Waals surface area contributed by atoms with E-state index in [0.29, 0.717) is 15.7 Å². The molecule has 1 rings (SSSR count). The van der Waals surface area contributed by atoms with Crippen LogP contribution in [0.5, 0.6) is 0 Å². The Hall–Kier alpha value is -1.14. The summed E-state index contributed by atoms with van der Waals surface area (Å²) >= 11 is 1.20. The average Bonchev–Trinajstić information content (AvgIpc) is 2.69. The molecule has 0 aromatic carbocycles. The molecule has 1 aromatic heterocycles. The highest BCUT2D eigenvalue weighted by atomic mass is 32.1. The van der Waals surface area contributed by atoms with Crippen molar-refractivity contribution in [2.45, 2.75) is 27.2 Å². The van der Waals surface area contributed by atoms with Crippen LogP contribution < -0.4 is 5.32 Å². The Morgan fingerprint density at radius 2 is 2.17 bits per heavy atom. The molecule has 0 bridgehead atoms. The first-order valence-corrected chi connectivity index (χ1v) is 7.07. The van der Waals surface area contributed by atoms with Gasteiger partial charge < -0.3 is 15.3 Å². The lowest BCUT2D eigenvalue weighted by molar-refractivity contribution is 0.0701. The number of rotatable bonds is 8. The van der Waals surface area contributed by atoms with Crippen molar-refractivity contribution >= 4 is 22.4 Å². The predicted octanol–water partition coefficient (Wildman–Crippen LogP) is 2.29. The highest BCUT2D eigenvalue weighted by Crippen LogP contribution is 2.21. The van der Waals surface area contributed by atoms with Crippen molar-refractivity contribution in [1.29, 1.82) is 0 Å². The average molecular weight is 271 g/mol. The van der Waals surface area contributed by atoms with Crippen LogP contribution >= 0.6 is 11.3 Å². The molecule has 0 fully saturated rings. The summed E-state index contributed by atoms with van der Waals surface area (Å²) in [6.45, 7) is 9.90. The number of hydrogen-bond donors (Lipinski definition) is 2. The molecule has 0 aliphatic carbocycles. The van der Waals surface area contributed by atoms with Gasteiger partial charge in [0.05, 0.1) is 5.69 Å². The zero-order valence-corrected chi connectivity index (χ0v) is 12.0. The van der Waals surface area contributed by atoms with Gasteiger partial charge in [0, 0.05) is 13.1 Å². The summed E-state index contributed by atoms with van der Waals surface area (Å²) < 4.78 is 0. The van der Waals surface area contributed by atoms with Gasteiger partial charge in [-0.1, -0.05) is 25.2 Å². The van der Waals surface area contributed by atoms with Gasteiger partial charge in [0.1, 0.15) is 4.88 Å². The molecule has 0 aliphatic heterocycles. The van der Waals surface area contributed by atoms with Gasteiger partial charge in [-0.05, 0) is 26.4 Å². The summed E-state index contributed by atoms with van der Waals surface area (Å²) in [6.07, 6.45) is 1.15. The lowest BCUT2D eigenvalue weighted by Gasteiger charge is -2.19. The van der Waals surface area contributed by atoms with E-state index >= 15 is 0 Å². The minimum absolute atomic E-state index is 0.318. The van der Waals surface area contributed by atoms with E-state index in [4.69, 9.17) is 5.11 Å². The van der Waals surface area contributed by atoms with E-state index < -0.39 is 5.97 Å². The number of aromatic carboxylic acids is 1. The Kier molecular flexibility index (Phi) is 6.07. The third-order valence-corrected chi connectivity index (χ3v) is 3.79. The lowest BCUT2D eigenvalue weighted by atomic mass is 10.4. The Balaban J connectivity index is 2.44. The van der Waals surface area contributed by atoms with Crippen LogP contribution in [0.2, 0.25) is 0 Å². The van der Waals surface area contributed by atoms with Crippen molar-refractivity contribution in [2.75, 3.05) is 31.5 Å². The topological polar surface area (TPSA) is 65.5 Å². The molecule has 18 heavy (non-hydrogen) atoms. The third kappa shape index (κ3) is 4.27. The molecule has 0 amide bonds. The number of hydrogen-bond acceptors (Lipinski definition) is 5. The number of aryl methyl sites for hydroxylation is 1. The number of thiazole rings is 1. The molecule has 6 heteroatoms. The van der Waals surface area contributed by atoms with Gasteiger partial charge in [0.25, 0.3) is 0 Å². The van der Waals surface area contributed by atoms with E-state index in [1.807, 2.05) is 0 Å². The van der Waals surface area contributed by atoms with Crippen LogP contribution in [0.1, 0.15) is 35.6 Å². The number of nitrogens with zero attached hydrogens (tertiary/aromatic N) is 2. The minimum Gasteiger partial charge on any atom is -0.477 e. The molecule has 0 aliphatic rings. The van der Waals surface area contributed by atoms with Crippen molar-refractivity contribution in [3.05, 3.63) is 10.6 Å². The Morgan fingerprint density at radius 1 is 1.44 bits per heavy atom. The summed E-state index contributed by atoms with van der Waals surface area (Å²) in [5.74, 6) is -0.904. The summed E-state index contributed by atoms with van der Waals surface area (Å²) in [4.78, 5) is 17.8. The number of nitrogens with one attached hydrogen (secondary N) is 1. The first-order valence-electron chi connectivity index (χ1n) is 6.25. The fourth-order valence-corrected chi connectivity index (χ4v) is 2.57. The van der Waals surface area contributed by atoms with Crippen LogP contribution in [0.3, 0.4) is 0 Å². The van der Waals surface area contributed by atoms with Gasteiger partial charge in [0.2, 0.25) is 0 Å². The summed E-state index contributed by atoms with van der Waals surface area (Å²) in [5, 5.41) is 12.8. The second-order valence-electron chi connectivity index (χ2n) is 4.10. The number of anilines is 1. The number of likely N-dealkylation sites (N-methyl/N-ethyl adjacent to an activating group) is 1. The van der Waals surface area contributed by atoms with Crippen molar-refractivity contribution in [1.82, 2.24) is 9.88 Å². The Morgan fingerprint density at radius 3 is 2.67 bits per heavy atom. The fourth-order valence-electron chi connectivity index (χ4n) is 1.74. The number of aromatic nitrogens is 1. The first kappa shape index (κ1) is 14.9. The standard InChI is InChI=1S/C12H21N3O2S/c1-4-7-15(5-2)8-6-13-12-14-9(3)10(18-12)11(16)17/h4-8H2,1-3H3,(H,13,14)(H,16,17). The van der Waals surface area contributed by atoms with Crippen LogP contribution in [-0.2, 0) is 0 Å². The van der Waals surface area contributed by atoms with Gasteiger partial charge in [-0.15, -0.1) is 0 Å². The van der Waals surface area contributed by atoms with E-state index in [-0.39, 0.29) is 0 Å². The molecule has 0 saturated heterocycles. The maximum absolute atomic E-state index is 10.9. The molecule has 5 nitrogen and oxygen atoms in total. The monoisotopic (exact) mass is 271 g/mol. The smallest absolute Gasteiger partial charge is 0.347 e. The quantitative estimate of drug-likeness (QED) is 0.759. The third-order valence-electron chi connectivity index (χ3n) is 2.68. The zero-order valence-electron chi connectivity index (χ0n) is 11.2. The largest absolute Gasteiger partial charge is 0.477 e. The van der Waals surface area contributed by atoms with Crippen LogP contribution in [0.4, 0.5) is 5.13 Å². The molecular formula is C12H21N3O2S. The second-order valence-corrected chi connectivity index (χ2v) is 5.10. The van der Waals surface area contributed by atoms with Gasteiger partial charge in [-0.3, -0.25) is 0 Å². The van der Waals surface area contributed by atoms with E-state index in [9.17, 15) is 4.79 Å². The molecule has 0 spiro atoms. The summed E-state index contributed by atoms with van der Waals surface area (Å²) in [7, 11) is 0. The van der Waals surface area contributed by atoms with Gasteiger partial charge >= 0.3 is 5.97 Å². The second kappa shape index (κ2) is 7.33. The van der Waals surface area contributed by atoms with Crippen molar-refractivity contribution < 1.29 is 9.90 Å². The maximum atomic E-state index is 10.9. The molecule has 102 valence electrons. The minimum atomic E-state index is -0.904. The van der Waals surface area contributed by atoms with Gasteiger partial charge in [-0.2, -0.15) is 0 Å². The molecule has 0 unspecified atom stereocenters. The molecule has 1 aromatic rings. The molecular weight excluding hydrogens is 250 g/mol. The van der Waals surface area contributed by atoms with E-state index in [2.05, 4.69) is 29.0 Å². The molecule has 0 saturated carbocycles. The van der Waals surface area contributed by atoms with Crippen LogP contribution in [0.25, 0.3) is 0 Å².